The molecule has 0 aliphatic heterocycles. The Hall–Kier alpha value is -2.09. The van der Waals surface area contributed by atoms with Crippen molar-refractivity contribution in [2.45, 2.75) is 12.7 Å². The van der Waals surface area contributed by atoms with E-state index in [-0.39, 0.29) is 17.1 Å². The smallest absolute Gasteiger partial charge is 0.346 e. The Bertz CT molecular complexity index is 860. The van der Waals surface area contributed by atoms with Gasteiger partial charge in [0.25, 0.3) is 5.56 Å². The zero-order valence-electron chi connectivity index (χ0n) is 10.9. The molecular weight excluding hydrogens is 303 g/mol. The second-order valence-electron chi connectivity index (χ2n) is 4.60. The molecule has 0 saturated carbocycles. The molecule has 0 unspecified atom stereocenters. The maximum absolute atomic E-state index is 12.5. The van der Waals surface area contributed by atoms with Crippen molar-refractivity contribution in [3.63, 3.8) is 0 Å². The van der Waals surface area contributed by atoms with Gasteiger partial charge in [-0.25, -0.2) is 4.98 Å². The summed E-state index contributed by atoms with van der Waals surface area (Å²) in [6, 6.07) is 3.57. The first-order valence-corrected chi connectivity index (χ1v) is 6.90. The number of fused-ring (bicyclic) bond motifs is 1. The lowest BCUT2D eigenvalue weighted by Gasteiger charge is -2.05. The molecule has 0 aliphatic carbocycles. The van der Waals surface area contributed by atoms with Crippen LogP contribution in [0.3, 0.4) is 0 Å². The summed E-state index contributed by atoms with van der Waals surface area (Å²) in [4.78, 5) is 15.9. The van der Waals surface area contributed by atoms with Gasteiger partial charge >= 0.3 is 6.18 Å². The Balaban J connectivity index is 1.99. The molecule has 110 valence electrons. The third kappa shape index (κ3) is 2.46. The van der Waals surface area contributed by atoms with E-state index < -0.39 is 11.9 Å². The number of aryl methyl sites for hydroxylation is 1. The molecule has 0 saturated heterocycles. The van der Waals surface area contributed by atoms with Crippen LogP contribution in [0.15, 0.2) is 34.7 Å². The highest BCUT2D eigenvalue weighted by molar-refractivity contribution is 7.09. The van der Waals surface area contributed by atoms with E-state index in [1.807, 2.05) is 6.07 Å². The van der Waals surface area contributed by atoms with Gasteiger partial charge in [0.05, 0.1) is 6.54 Å². The first-order valence-electron chi connectivity index (χ1n) is 6.02. The fourth-order valence-electron chi connectivity index (χ4n) is 2.12. The first-order chi connectivity index (χ1) is 9.86. The standard InChI is InChI=1S/C13H10F3N3OS/c1-18-4-2-8-3-5-19(12(20)11(8)18)6-10-17-9(7-21-10)13(14,15)16/h2-5,7H,6H2,1H3. The zero-order valence-corrected chi connectivity index (χ0v) is 11.7. The van der Waals surface area contributed by atoms with Crippen molar-refractivity contribution >= 4 is 22.2 Å². The first kappa shape index (κ1) is 13.9. The fourth-order valence-corrected chi connectivity index (χ4v) is 2.91. The number of nitrogens with zero attached hydrogens (tertiary/aromatic N) is 3. The van der Waals surface area contributed by atoms with Crippen molar-refractivity contribution in [2.75, 3.05) is 0 Å². The average Bonchev–Trinajstić information content (AvgIpc) is 3.00. The second-order valence-corrected chi connectivity index (χ2v) is 5.55. The average molecular weight is 313 g/mol. The Morgan fingerprint density at radius 2 is 2.00 bits per heavy atom. The maximum Gasteiger partial charge on any atom is 0.434 e. The van der Waals surface area contributed by atoms with Crippen LogP contribution in [0, 0.1) is 0 Å². The Kier molecular flexibility index (Phi) is 3.12. The third-order valence-corrected chi connectivity index (χ3v) is 3.98. The van der Waals surface area contributed by atoms with E-state index in [0.717, 1.165) is 22.1 Å². The van der Waals surface area contributed by atoms with Crippen molar-refractivity contribution in [1.29, 1.82) is 0 Å². The summed E-state index contributed by atoms with van der Waals surface area (Å²) < 4.78 is 40.6. The largest absolute Gasteiger partial charge is 0.434 e. The summed E-state index contributed by atoms with van der Waals surface area (Å²) >= 11 is 0.894. The highest BCUT2D eigenvalue weighted by Crippen LogP contribution is 2.30. The van der Waals surface area contributed by atoms with Gasteiger partial charge < -0.3 is 9.13 Å². The molecule has 3 aromatic rings. The number of alkyl halides is 3. The van der Waals surface area contributed by atoms with Crippen molar-refractivity contribution in [3.05, 3.63) is 51.0 Å². The molecule has 8 heteroatoms. The number of hydrogen-bond acceptors (Lipinski definition) is 3. The molecule has 0 aromatic carbocycles. The van der Waals surface area contributed by atoms with Crippen molar-refractivity contribution in [3.8, 4) is 0 Å². The van der Waals surface area contributed by atoms with E-state index in [9.17, 15) is 18.0 Å². The topological polar surface area (TPSA) is 39.8 Å². The van der Waals surface area contributed by atoms with E-state index in [2.05, 4.69) is 4.98 Å². The number of hydrogen-bond donors (Lipinski definition) is 0. The predicted molar refractivity (Wildman–Crippen MR) is 73.4 cm³/mol. The van der Waals surface area contributed by atoms with E-state index in [1.165, 1.54) is 4.57 Å². The molecule has 4 nitrogen and oxygen atoms in total. The summed E-state index contributed by atoms with van der Waals surface area (Å²) in [6.07, 6.45) is -1.12. The van der Waals surface area contributed by atoms with Gasteiger partial charge in [0, 0.05) is 30.2 Å². The Labute approximate surface area is 121 Å². The molecule has 0 N–H and O–H groups in total. The molecule has 0 radical (unpaired) electrons. The molecule has 0 aliphatic rings. The molecule has 3 aromatic heterocycles. The summed E-state index contributed by atoms with van der Waals surface area (Å²) in [5.74, 6) is 0. The van der Waals surface area contributed by atoms with Crippen LogP contribution in [0.4, 0.5) is 13.2 Å². The SMILES string of the molecule is Cn1ccc2ccn(Cc3nc(C(F)(F)F)cs3)c(=O)c21. The normalized spacial score (nSPS) is 12.2. The Morgan fingerprint density at radius 1 is 1.29 bits per heavy atom. The summed E-state index contributed by atoms with van der Waals surface area (Å²) in [6.45, 7) is 0.0285. The van der Waals surface area contributed by atoms with Crippen LogP contribution < -0.4 is 5.56 Å². The van der Waals surface area contributed by atoms with Crippen LogP contribution >= 0.6 is 11.3 Å². The van der Waals surface area contributed by atoms with Gasteiger partial charge in [-0.3, -0.25) is 4.79 Å². The predicted octanol–water partition coefficient (Wildman–Crippen LogP) is 2.86. The lowest BCUT2D eigenvalue weighted by atomic mass is 10.3. The molecule has 3 heterocycles. The van der Waals surface area contributed by atoms with Gasteiger partial charge in [0.1, 0.15) is 10.5 Å². The van der Waals surface area contributed by atoms with Crippen molar-refractivity contribution < 1.29 is 13.2 Å². The van der Waals surface area contributed by atoms with Crippen molar-refractivity contribution in [2.24, 2.45) is 7.05 Å². The van der Waals surface area contributed by atoms with Gasteiger partial charge in [-0.1, -0.05) is 0 Å². The number of rotatable bonds is 2. The van der Waals surface area contributed by atoms with E-state index in [1.54, 1.807) is 30.1 Å². The summed E-state index contributed by atoms with van der Waals surface area (Å²) in [5.41, 5.74) is -0.649. The summed E-state index contributed by atoms with van der Waals surface area (Å²) in [5, 5.41) is 2.01. The second kappa shape index (κ2) is 4.73. The third-order valence-electron chi connectivity index (χ3n) is 3.15. The van der Waals surface area contributed by atoms with Crippen LogP contribution in [0.5, 0.6) is 0 Å². The Morgan fingerprint density at radius 3 is 2.67 bits per heavy atom. The van der Waals surface area contributed by atoms with Gasteiger partial charge in [0.15, 0.2) is 5.69 Å². The molecular formula is C13H10F3N3OS. The van der Waals surface area contributed by atoms with Gasteiger partial charge in [-0.2, -0.15) is 13.2 Å². The lowest BCUT2D eigenvalue weighted by Crippen LogP contribution is -2.21. The van der Waals surface area contributed by atoms with Crippen LogP contribution in [-0.2, 0) is 19.8 Å². The fraction of sp³-hybridized carbons (Fsp3) is 0.231. The highest BCUT2D eigenvalue weighted by atomic mass is 32.1. The maximum atomic E-state index is 12.5. The minimum Gasteiger partial charge on any atom is -0.346 e. The van der Waals surface area contributed by atoms with Crippen LogP contribution in [0.25, 0.3) is 10.9 Å². The molecule has 0 atom stereocenters. The zero-order chi connectivity index (χ0) is 15.2. The number of pyridine rings is 1. The quantitative estimate of drug-likeness (QED) is 0.730. The highest BCUT2D eigenvalue weighted by Gasteiger charge is 2.33. The van der Waals surface area contributed by atoms with Crippen LogP contribution in [0.1, 0.15) is 10.7 Å². The number of aromatic nitrogens is 3. The monoisotopic (exact) mass is 313 g/mol. The van der Waals surface area contributed by atoms with E-state index in [0.29, 0.717) is 5.52 Å². The molecule has 0 fully saturated rings. The number of halogens is 3. The van der Waals surface area contributed by atoms with Gasteiger partial charge in [-0.15, -0.1) is 11.3 Å². The van der Waals surface area contributed by atoms with Gasteiger partial charge in [0.2, 0.25) is 0 Å². The minimum absolute atomic E-state index is 0.0285. The minimum atomic E-state index is -4.46. The van der Waals surface area contributed by atoms with Gasteiger partial charge in [-0.05, 0) is 12.1 Å². The van der Waals surface area contributed by atoms with Crippen LogP contribution in [0.2, 0.25) is 0 Å². The van der Waals surface area contributed by atoms with E-state index >= 15 is 0 Å². The molecule has 0 amide bonds. The lowest BCUT2D eigenvalue weighted by molar-refractivity contribution is -0.140. The molecule has 3 rings (SSSR count). The summed E-state index contributed by atoms with van der Waals surface area (Å²) in [7, 11) is 1.75. The van der Waals surface area contributed by atoms with Crippen molar-refractivity contribution in [1.82, 2.24) is 14.1 Å². The molecule has 0 bridgehead atoms. The molecule has 21 heavy (non-hydrogen) atoms. The molecule has 0 spiro atoms. The number of thiazole rings is 1. The van der Waals surface area contributed by atoms with Crippen LogP contribution in [-0.4, -0.2) is 14.1 Å². The van der Waals surface area contributed by atoms with E-state index in [4.69, 9.17) is 0 Å².